The van der Waals surface area contributed by atoms with Crippen molar-refractivity contribution in [2.75, 3.05) is 7.11 Å². The Morgan fingerprint density at radius 3 is 2.42 bits per heavy atom. The van der Waals surface area contributed by atoms with Gasteiger partial charge in [0.15, 0.2) is 0 Å². The molecule has 0 bridgehead atoms. The predicted molar refractivity (Wildman–Crippen MR) is 80.7 cm³/mol. The first-order valence-electron chi connectivity index (χ1n) is 6.62. The topological polar surface area (TPSA) is 29.5 Å². The quantitative estimate of drug-likeness (QED) is 0.614. The van der Waals surface area contributed by atoms with Crippen LogP contribution in [-0.4, -0.2) is 17.8 Å². The zero-order valence-electron chi connectivity index (χ0n) is 12.3. The van der Waals surface area contributed by atoms with Crippen LogP contribution in [-0.2, 0) is 4.74 Å². The molecular formula is C17H24O2. The number of methoxy groups -OCH3 is 1. The minimum absolute atomic E-state index is 0.678. The second-order valence-corrected chi connectivity index (χ2v) is 5.26. The van der Waals surface area contributed by atoms with E-state index in [9.17, 15) is 5.11 Å². The minimum atomic E-state index is -0.868. The van der Waals surface area contributed by atoms with Crippen molar-refractivity contribution in [3.05, 3.63) is 53.6 Å². The molecule has 2 nitrogen and oxygen atoms in total. The Morgan fingerprint density at radius 2 is 1.89 bits per heavy atom. The maximum absolute atomic E-state index is 10.4. The summed E-state index contributed by atoms with van der Waals surface area (Å²) in [4.78, 5) is 0. The molecule has 1 unspecified atom stereocenters. The molecule has 0 fully saturated rings. The van der Waals surface area contributed by atoms with Crippen molar-refractivity contribution in [3.63, 3.8) is 0 Å². The van der Waals surface area contributed by atoms with Crippen LogP contribution in [0.3, 0.4) is 0 Å². The van der Waals surface area contributed by atoms with Gasteiger partial charge in [-0.2, -0.15) is 0 Å². The molecule has 0 radical (unpaired) electrons. The summed E-state index contributed by atoms with van der Waals surface area (Å²) < 4.78 is 5.39. The van der Waals surface area contributed by atoms with Crippen LogP contribution in [0.25, 0.3) is 5.76 Å². The van der Waals surface area contributed by atoms with E-state index in [1.807, 2.05) is 37.3 Å². The number of hydrogen-bond acceptors (Lipinski definition) is 2. The van der Waals surface area contributed by atoms with Crippen LogP contribution in [0.2, 0.25) is 0 Å². The van der Waals surface area contributed by atoms with Crippen molar-refractivity contribution in [3.8, 4) is 0 Å². The molecule has 1 aromatic carbocycles. The first-order valence-corrected chi connectivity index (χ1v) is 6.62. The molecule has 0 saturated carbocycles. The Bertz CT molecular complexity index is 438. The first kappa shape index (κ1) is 15.5. The van der Waals surface area contributed by atoms with Gasteiger partial charge in [0, 0.05) is 5.56 Å². The number of aliphatic hydroxyl groups is 1. The van der Waals surface area contributed by atoms with Gasteiger partial charge in [-0.15, -0.1) is 0 Å². The van der Waals surface area contributed by atoms with E-state index in [2.05, 4.69) is 19.9 Å². The monoisotopic (exact) mass is 260 g/mol. The summed E-state index contributed by atoms with van der Waals surface area (Å²) in [5.74, 6) is 0.711. The fourth-order valence-corrected chi connectivity index (χ4v) is 1.87. The van der Waals surface area contributed by atoms with Gasteiger partial charge < -0.3 is 9.84 Å². The van der Waals surface area contributed by atoms with Crippen LogP contribution in [0.1, 0.15) is 39.2 Å². The van der Waals surface area contributed by atoms with Crippen molar-refractivity contribution in [2.45, 2.75) is 39.2 Å². The molecule has 1 N–H and O–H groups in total. The second-order valence-electron chi connectivity index (χ2n) is 5.26. The highest BCUT2D eigenvalue weighted by Crippen LogP contribution is 2.22. The smallest absolute Gasteiger partial charge is 0.124 e. The van der Waals surface area contributed by atoms with Gasteiger partial charge >= 0.3 is 0 Å². The standard InChI is InChI=1S/C17H24O2/c1-14(2)9-8-12-17(3,18)13-16(19-4)15-10-6-5-7-11-15/h5-7,9-11,13,18H,8,12H2,1-4H3. The number of hydrogen-bond donors (Lipinski definition) is 1. The molecule has 0 heterocycles. The summed E-state index contributed by atoms with van der Waals surface area (Å²) >= 11 is 0. The highest BCUT2D eigenvalue weighted by Gasteiger charge is 2.18. The number of ether oxygens (including phenoxy) is 1. The lowest BCUT2D eigenvalue weighted by atomic mass is 9.97. The van der Waals surface area contributed by atoms with E-state index in [1.165, 1.54) is 5.57 Å². The van der Waals surface area contributed by atoms with Crippen molar-refractivity contribution < 1.29 is 9.84 Å². The maximum Gasteiger partial charge on any atom is 0.124 e. The van der Waals surface area contributed by atoms with Crippen LogP contribution in [0.5, 0.6) is 0 Å². The van der Waals surface area contributed by atoms with Crippen LogP contribution >= 0.6 is 0 Å². The largest absolute Gasteiger partial charge is 0.496 e. The third-order valence-electron chi connectivity index (χ3n) is 2.92. The lowest BCUT2D eigenvalue weighted by Gasteiger charge is -2.20. The van der Waals surface area contributed by atoms with Gasteiger partial charge in [0.2, 0.25) is 0 Å². The maximum atomic E-state index is 10.4. The fourth-order valence-electron chi connectivity index (χ4n) is 1.87. The molecule has 0 aliphatic carbocycles. The molecule has 0 spiro atoms. The average molecular weight is 260 g/mol. The van der Waals surface area contributed by atoms with Gasteiger partial charge in [-0.25, -0.2) is 0 Å². The molecule has 1 rings (SSSR count). The highest BCUT2D eigenvalue weighted by atomic mass is 16.5. The molecule has 2 heteroatoms. The van der Waals surface area contributed by atoms with Crippen molar-refractivity contribution in [1.29, 1.82) is 0 Å². The minimum Gasteiger partial charge on any atom is -0.496 e. The average Bonchev–Trinajstić information content (AvgIpc) is 2.36. The molecule has 0 saturated heterocycles. The van der Waals surface area contributed by atoms with E-state index < -0.39 is 5.60 Å². The number of allylic oxidation sites excluding steroid dienone is 2. The van der Waals surface area contributed by atoms with E-state index in [0.717, 1.165) is 12.0 Å². The van der Waals surface area contributed by atoms with E-state index >= 15 is 0 Å². The Morgan fingerprint density at radius 1 is 1.26 bits per heavy atom. The van der Waals surface area contributed by atoms with E-state index in [-0.39, 0.29) is 0 Å². The lowest BCUT2D eigenvalue weighted by molar-refractivity contribution is 0.101. The summed E-state index contributed by atoms with van der Waals surface area (Å²) in [6, 6.07) is 9.83. The van der Waals surface area contributed by atoms with E-state index in [4.69, 9.17) is 4.74 Å². The van der Waals surface area contributed by atoms with Crippen molar-refractivity contribution in [1.82, 2.24) is 0 Å². The molecule has 19 heavy (non-hydrogen) atoms. The Balaban J connectivity index is 2.81. The number of rotatable bonds is 6. The molecular weight excluding hydrogens is 236 g/mol. The SMILES string of the molecule is COC(=CC(C)(O)CCC=C(C)C)c1ccccc1. The summed E-state index contributed by atoms with van der Waals surface area (Å²) in [7, 11) is 1.63. The van der Waals surface area contributed by atoms with Crippen molar-refractivity contribution in [2.24, 2.45) is 0 Å². The van der Waals surface area contributed by atoms with Crippen LogP contribution in [0.4, 0.5) is 0 Å². The number of benzene rings is 1. The van der Waals surface area contributed by atoms with Crippen LogP contribution < -0.4 is 0 Å². The molecule has 0 amide bonds. The molecule has 104 valence electrons. The summed E-state index contributed by atoms with van der Waals surface area (Å²) in [6.07, 6.45) is 5.47. The molecule has 1 aromatic rings. The Labute approximate surface area is 116 Å². The van der Waals surface area contributed by atoms with Gasteiger partial charge in [0.25, 0.3) is 0 Å². The van der Waals surface area contributed by atoms with Gasteiger partial charge in [0.1, 0.15) is 5.76 Å². The predicted octanol–water partition coefficient (Wildman–Crippen LogP) is 4.17. The fraction of sp³-hybridized carbons (Fsp3) is 0.412. The lowest BCUT2D eigenvalue weighted by Crippen LogP contribution is -2.21. The zero-order valence-corrected chi connectivity index (χ0v) is 12.3. The molecule has 0 aromatic heterocycles. The third-order valence-corrected chi connectivity index (χ3v) is 2.92. The summed E-state index contributed by atoms with van der Waals surface area (Å²) in [5, 5.41) is 10.4. The molecule has 0 aliphatic heterocycles. The second kappa shape index (κ2) is 7.15. The first-order chi connectivity index (χ1) is 8.94. The van der Waals surface area contributed by atoms with Gasteiger partial charge in [-0.05, 0) is 39.7 Å². The van der Waals surface area contributed by atoms with E-state index in [1.54, 1.807) is 13.2 Å². The normalized spacial score (nSPS) is 14.7. The van der Waals surface area contributed by atoms with Crippen LogP contribution in [0, 0.1) is 0 Å². The van der Waals surface area contributed by atoms with E-state index in [0.29, 0.717) is 12.2 Å². The third kappa shape index (κ3) is 5.75. The summed E-state index contributed by atoms with van der Waals surface area (Å²) in [6.45, 7) is 5.94. The van der Waals surface area contributed by atoms with Crippen molar-refractivity contribution >= 4 is 5.76 Å². The zero-order chi connectivity index (χ0) is 14.3. The van der Waals surface area contributed by atoms with Gasteiger partial charge in [0.05, 0.1) is 12.7 Å². The highest BCUT2D eigenvalue weighted by molar-refractivity contribution is 5.60. The Kier molecular flexibility index (Phi) is 5.84. The Hall–Kier alpha value is -1.54. The van der Waals surface area contributed by atoms with Gasteiger partial charge in [-0.3, -0.25) is 0 Å². The summed E-state index contributed by atoms with van der Waals surface area (Å²) in [5.41, 5.74) is 1.38. The van der Waals surface area contributed by atoms with Gasteiger partial charge in [-0.1, -0.05) is 42.0 Å². The molecule has 0 aliphatic rings. The van der Waals surface area contributed by atoms with Crippen LogP contribution in [0.15, 0.2) is 48.1 Å². The molecule has 1 atom stereocenters.